The number of hydrogen-bond donors (Lipinski definition) is 0. The van der Waals surface area contributed by atoms with Crippen LogP contribution in [0.1, 0.15) is 17.3 Å². The zero-order chi connectivity index (χ0) is 19.3. The molecular weight excluding hydrogens is 367 g/mol. The summed E-state index contributed by atoms with van der Waals surface area (Å²) in [5.41, 5.74) is 0.106. The van der Waals surface area contributed by atoms with E-state index in [4.69, 9.17) is 16.3 Å². The molecule has 0 aromatic heterocycles. The number of rotatable bonds is 6. The van der Waals surface area contributed by atoms with Gasteiger partial charge in [-0.05, 0) is 37.3 Å². The van der Waals surface area contributed by atoms with E-state index in [0.717, 1.165) is 18.2 Å². The Morgan fingerprint density at radius 3 is 2.42 bits per heavy atom. The van der Waals surface area contributed by atoms with Crippen LogP contribution in [0.3, 0.4) is 0 Å². The summed E-state index contributed by atoms with van der Waals surface area (Å²) in [5, 5.41) is 10.5. The molecular formula is C17H14ClFN2O5. The maximum atomic E-state index is 13.0. The van der Waals surface area contributed by atoms with E-state index in [-0.39, 0.29) is 16.3 Å². The molecule has 26 heavy (non-hydrogen) atoms. The number of nitro groups is 1. The van der Waals surface area contributed by atoms with E-state index >= 15 is 0 Å². The Morgan fingerprint density at radius 2 is 1.88 bits per heavy atom. The topological polar surface area (TPSA) is 89.8 Å². The lowest BCUT2D eigenvalue weighted by molar-refractivity contribution is -0.384. The van der Waals surface area contributed by atoms with Crippen LogP contribution >= 0.6 is 11.6 Å². The van der Waals surface area contributed by atoms with Crippen molar-refractivity contribution < 1.29 is 23.6 Å². The van der Waals surface area contributed by atoms with Crippen molar-refractivity contribution in [2.75, 3.05) is 18.1 Å². The number of ether oxygens (including phenoxy) is 1. The van der Waals surface area contributed by atoms with Crippen molar-refractivity contribution in [2.45, 2.75) is 6.92 Å². The third-order valence-corrected chi connectivity index (χ3v) is 3.78. The lowest BCUT2D eigenvalue weighted by atomic mass is 10.2. The van der Waals surface area contributed by atoms with Crippen LogP contribution in [0.2, 0.25) is 5.02 Å². The van der Waals surface area contributed by atoms with Crippen molar-refractivity contribution >= 4 is 34.9 Å². The van der Waals surface area contributed by atoms with Gasteiger partial charge in [0.1, 0.15) is 5.82 Å². The highest BCUT2D eigenvalue weighted by Crippen LogP contribution is 2.23. The molecule has 0 aliphatic heterocycles. The van der Waals surface area contributed by atoms with Crippen LogP contribution in [-0.4, -0.2) is 30.0 Å². The molecule has 0 saturated heterocycles. The van der Waals surface area contributed by atoms with Gasteiger partial charge < -0.3 is 9.64 Å². The van der Waals surface area contributed by atoms with Crippen molar-refractivity contribution in [3.63, 3.8) is 0 Å². The Hall–Kier alpha value is -3.00. The van der Waals surface area contributed by atoms with Gasteiger partial charge in [0.2, 0.25) is 0 Å². The molecule has 0 aliphatic rings. The van der Waals surface area contributed by atoms with E-state index in [1.165, 1.54) is 29.2 Å². The molecule has 9 heteroatoms. The van der Waals surface area contributed by atoms with Gasteiger partial charge in [-0.15, -0.1) is 0 Å². The lowest BCUT2D eigenvalue weighted by Gasteiger charge is -2.20. The maximum Gasteiger partial charge on any atom is 0.340 e. The average molecular weight is 381 g/mol. The largest absolute Gasteiger partial charge is 0.452 e. The molecule has 2 aromatic rings. The van der Waals surface area contributed by atoms with Crippen LogP contribution in [0.5, 0.6) is 0 Å². The Labute approximate surface area is 153 Å². The van der Waals surface area contributed by atoms with Crippen LogP contribution in [-0.2, 0) is 9.53 Å². The van der Waals surface area contributed by atoms with Crippen LogP contribution in [0.25, 0.3) is 0 Å². The fourth-order valence-corrected chi connectivity index (χ4v) is 2.44. The number of halogens is 2. The van der Waals surface area contributed by atoms with Crippen molar-refractivity contribution in [1.29, 1.82) is 0 Å². The number of likely N-dealkylation sites (N-methyl/N-ethyl adjacent to an activating group) is 1. The van der Waals surface area contributed by atoms with Crippen molar-refractivity contribution in [1.82, 2.24) is 0 Å². The van der Waals surface area contributed by atoms with Gasteiger partial charge in [0, 0.05) is 24.4 Å². The highest BCUT2D eigenvalue weighted by molar-refractivity contribution is 6.33. The highest BCUT2D eigenvalue weighted by atomic mass is 35.5. The van der Waals surface area contributed by atoms with E-state index in [1.807, 2.05) is 0 Å². The third-order valence-electron chi connectivity index (χ3n) is 3.47. The number of non-ortho nitro benzene ring substituents is 1. The molecule has 0 atom stereocenters. The van der Waals surface area contributed by atoms with Gasteiger partial charge in [0.05, 0.1) is 15.5 Å². The molecule has 2 aromatic carbocycles. The Kier molecular flexibility index (Phi) is 6.24. The molecule has 0 heterocycles. The molecule has 2 rings (SSSR count). The molecule has 0 fully saturated rings. The molecule has 1 amide bonds. The number of nitro benzene ring substituents is 1. The van der Waals surface area contributed by atoms with E-state index in [9.17, 15) is 24.1 Å². The smallest absolute Gasteiger partial charge is 0.340 e. The molecule has 0 radical (unpaired) electrons. The minimum atomic E-state index is -0.881. The maximum absolute atomic E-state index is 13.0. The molecule has 0 unspecified atom stereocenters. The predicted octanol–water partition coefficient (Wildman–Crippen LogP) is 3.60. The normalized spacial score (nSPS) is 10.3. The van der Waals surface area contributed by atoms with E-state index in [0.29, 0.717) is 12.2 Å². The number of esters is 1. The molecule has 0 N–H and O–H groups in total. The fraction of sp³-hybridized carbons (Fsp3) is 0.176. The second-order valence-electron chi connectivity index (χ2n) is 5.11. The van der Waals surface area contributed by atoms with Gasteiger partial charge in [-0.3, -0.25) is 14.9 Å². The van der Waals surface area contributed by atoms with Gasteiger partial charge in [-0.25, -0.2) is 9.18 Å². The Morgan fingerprint density at radius 1 is 1.23 bits per heavy atom. The average Bonchev–Trinajstić information content (AvgIpc) is 2.61. The SMILES string of the molecule is CCN(C(=O)COC(=O)c1ccc([N+](=O)[O-])cc1Cl)c1ccc(F)cc1. The minimum absolute atomic E-state index is 0.0881. The van der Waals surface area contributed by atoms with Crippen molar-refractivity contribution in [2.24, 2.45) is 0 Å². The van der Waals surface area contributed by atoms with Gasteiger partial charge in [-0.2, -0.15) is 0 Å². The number of amides is 1. The summed E-state index contributed by atoms with van der Waals surface area (Å²) in [6.45, 7) is 1.45. The zero-order valence-electron chi connectivity index (χ0n) is 13.6. The van der Waals surface area contributed by atoms with Crippen molar-refractivity contribution in [3.8, 4) is 0 Å². The summed E-state index contributed by atoms with van der Waals surface area (Å²) in [6, 6.07) is 8.60. The second-order valence-corrected chi connectivity index (χ2v) is 5.52. The highest BCUT2D eigenvalue weighted by Gasteiger charge is 2.20. The number of carbonyl (C=O) groups is 2. The number of hydrogen-bond acceptors (Lipinski definition) is 5. The fourth-order valence-electron chi connectivity index (χ4n) is 2.19. The Balaban J connectivity index is 2.04. The van der Waals surface area contributed by atoms with Crippen molar-refractivity contribution in [3.05, 3.63) is 69.0 Å². The van der Waals surface area contributed by atoms with E-state index in [1.54, 1.807) is 6.92 Å². The monoisotopic (exact) mass is 380 g/mol. The molecule has 0 aliphatic carbocycles. The molecule has 0 bridgehead atoms. The van der Waals surface area contributed by atoms with Gasteiger partial charge >= 0.3 is 5.97 Å². The molecule has 136 valence electrons. The lowest BCUT2D eigenvalue weighted by Crippen LogP contribution is -2.34. The summed E-state index contributed by atoms with van der Waals surface area (Å²) in [4.78, 5) is 35.7. The Bertz CT molecular complexity index is 842. The van der Waals surface area contributed by atoms with E-state index < -0.39 is 29.2 Å². The summed E-state index contributed by atoms with van der Waals surface area (Å²) in [6.07, 6.45) is 0. The van der Waals surface area contributed by atoms with Gasteiger partial charge in [0.15, 0.2) is 6.61 Å². The number of benzene rings is 2. The zero-order valence-corrected chi connectivity index (χ0v) is 14.4. The second kappa shape index (κ2) is 8.39. The van der Waals surface area contributed by atoms with Crippen LogP contribution in [0.4, 0.5) is 15.8 Å². The molecule has 0 saturated carbocycles. The third kappa shape index (κ3) is 4.54. The summed E-state index contributed by atoms with van der Waals surface area (Å²) in [5.74, 6) is -1.82. The molecule has 0 spiro atoms. The van der Waals surface area contributed by atoms with Crippen LogP contribution < -0.4 is 4.90 Å². The standard InChI is InChI=1S/C17H14ClFN2O5/c1-2-20(12-5-3-11(19)4-6-12)16(22)10-26-17(23)14-8-7-13(21(24)25)9-15(14)18/h3-9H,2,10H2,1H3. The van der Waals surface area contributed by atoms with Gasteiger partial charge in [-0.1, -0.05) is 11.6 Å². The minimum Gasteiger partial charge on any atom is -0.452 e. The molecule has 7 nitrogen and oxygen atoms in total. The first-order valence-electron chi connectivity index (χ1n) is 7.50. The van der Waals surface area contributed by atoms with E-state index in [2.05, 4.69) is 0 Å². The first-order valence-corrected chi connectivity index (χ1v) is 7.88. The van der Waals surface area contributed by atoms with Crippen LogP contribution in [0, 0.1) is 15.9 Å². The number of anilines is 1. The predicted molar refractivity (Wildman–Crippen MR) is 92.8 cm³/mol. The number of carbonyl (C=O) groups excluding carboxylic acids is 2. The van der Waals surface area contributed by atoms with Gasteiger partial charge in [0.25, 0.3) is 11.6 Å². The van der Waals surface area contributed by atoms with Crippen LogP contribution in [0.15, 0.2) is 42.5 Å². The summed E-state index contributed by atoms with van der Waals surface area (Å²) in [7, 11) is 0. The summed E-state index contributed by atoms with van der Waals surface area (Å²) >= 11 is 5.85. The first-order chi connectivity index (χ1) is 12.3. The number of nitrogens with zero attached hydrogens (tertiary/aromatic N) is 2. The quantitative estimate of drug-likeness (QED) is 0.434. The summed E-state index contributed by atoms with van der Waals surface area (Å²) < 4.78 is 17.9. The first kappa shape index (κ1) is 19.3.